The molecule has 1 atom stereocenters. The van der Waals surface area contributed by atoms with E-state index in [1.807, 2.05) is 55.5 Å². The Morgan fingerprint density at radius 3 is 2.24 bits per heavy atom. The Balaban J connectivity index is 1.81. The van der Waals surface area contributed by atoms with E-state index in [-0.39, 0.29) is 0 Å². The average Bonchev–Trinajstić information content (AvgIpc) is 2.55. The largest absolute Gasteiger partial charge is 0.457 e. The summed E-state index contributed by atoms with van der Waals surface area (Å²) in [4.78, 5) is 0. The highest BCUT2D eigenvalue weighted by molar-refractivity contribution is 5.83. The molecule has 0 radical (unpaired) electrons. The highest BCUT2D eigenvalue weighted by Crippen LogP contribution is 2.27. The van der Waals surface area contributed by atoms with Crippen LogP contribution < -0.4 is 4.74 Å². The van der Waals surface area contributed by atoms with Crippen LogP contribution in [0.5, 0.6) is 11.5 Å². The molecular weight excluding hydrogens is 260 g/mol. The Kier molecular flexibility index (Phi) is 3.89. The predicted octanol–water partition coefficient (Wildman–Crippen LogP) is 5.08. The van der Waals surface area contributed by atoms with Crippen LogP contribution in [0.1, 0.15) is 25.0 Å². The van der Waals surface area contributed by atoms with Gasteiger partial charge in [-0.25, -0.2) is 0 Å². The second-order valence-corrected chi connectivity index (χ2v) is 5.10. The lowest BCUT2D eigenvalue weighted by Crippen LogP contribution is -1.94. The number of benzene rings is 3. The summed E-state index contributed by atoms with van der Waals surface area (Å²) < 4.78 is 5.87. The quantitative estimate of drug-likeness (QED) is 0.721. The second-order valence-electron chi connectivity index (χ2n) is 5.10. The first-order valence-corrected chi connectivity index (χ1v) is 7.21. The summed E-state index contributed by atoms with van der Waals surface area (Å²) in [5.74, 6) is 1.59. The van der Waals surface area contributed by atoms with Gasteiger partial charge >= 0.3 is 0 Å². The summed E-state index contributed by atoms with van der Waals surface area (Å²) >= 11 is 0. The molecule has 0 aliphatic carbocycles. The minimum absolute atomic E-state index is 0.403. The summed E-state index contributed by atoms with van der Waals surface area (Å²) in [5.41, 5.74) is 0.920. The number of rotatable bonds is 4. The van der Waals surface area contributed by atoms with E-state index in [9.17, 15) is 5.11 Å². The maximum Gasteiger partial charge on any atom is 0.128 e. The van der Waals surface area contributed by atoms with Crippen molar-refractivity contribution in [3.05, 3.63) is 72.3 Å². The summed E-state index contributed by atoms with van der Waals surface area (Å²) in [5, 5.41) is 12.1. The van der Waals surface area contributed by atoms with Gasteiger partial charge in [0.25, 0.3) is 0 Å². The Hall–Kier alpha value is -2.32. The molecule has 0 fully saturated rings. The molecule has 2 nitrogen and oxygen atoms in total. The lowest BCUT2D eigenvalue weighted by atomic mass is 10.1. The van der Waals surface area contributed by atoms with Gasteiger partial charge in [-0.1, -0.05) is 49.4 Å². The lowest BCUT2D eigenvalue weighted by molar-refractivity contribution is 0.173. The summed E-state index contributed by atoms with van der Waals surface area (Å²) in [6.45, 7) is 1.96. The van der Waals surface area contributed by atoms with Crippen LogP contribution in [0.2, 0.25) is 0 Å². The van der Waals surface area contributed by atoms with E-state index in [1.54, 1.807) is 0 Å². The highest BCUT2D eigenvalue weighted by Gasteiger charge is 2.05. The highest BCUT2D eigenvalue weighted by atomic mass is 16.5. The van der Waals surface area contributed by atoms with Gasteiger partial charge in [-0.05, 0) is 47.0 Å². The van der Waals surface area contributed by atoms with E-state index in [1.165, 1.54) is 5.39 Å². The van der Waals surface area contributed by atoms with Gasteiger partial charge in [0.05, 0.1) is 6.10 Å². The van der Waals surface area contributed by atoms with Crippen molar-refractivity contribution in [2.45, 2.75) is 19.4 Å². The van der Waals surface area contributed by atoms with Gasteiger partial charge in [0.1, 0.15) is 11.5 Å². The molecule has 21 heavy (non-hydrogen) atoms. The van der Waals surface area contributed by atoms with Crippen LogP contribution in [0, 0.1) is 0 Å². The molecule has 0 aliphatic rings. The molecule has 0 amide bonds. The maximum atomic E-state index is 9.79. The minimum Gasteiger partial charge on any atom is -0.457 e. The first kappa shape index (κ1) is 13.7. The zero-order chi connectivity index (χ0) is 14.7. The van der Waals surface area contributed by atoms with Crippen LogP contribution in [0.3, 0.4) is 0 Å². The Morgan fingerprint density at radius 1 is 0.857 bits per heavy atom. The molecule has 0 aromatic heterocycles. The molecule has 3 aromatic carbocycles. The molecule has 0 saturated carbocycles. The third-order valence-corrected chi connectivity index (χ3v) is 3.61. The normalized spacial score (nSPS) is 12.3. The fourth-order valence-electron chi connectivity index (χ4n) is 2.36. The third kappa shape index (κ3) is 3.06. The molecule has 0 aliphatic heterocycles. The van der Waals surface area contributed by atoms with Gasteiger partial charge in [0, 0.05) is 0 Å². The Morgan fingerprint density at radius 2 is 1.52 bits per heavy atom. The Labute approximate surface area is 124 Å². The van der Waals surface area contributed by atoms with Crippen molar-refractivity contribution in [2.75, 3.05) is 0 Å². The number of hydrogen-bond acceptors (Lipinski definition) is 2. The zero-order valence-corrected chi connectivity index (χ0v) is 12.0. The van der Waals surface area contributed by atoms with Crippen molar-refractivity contribution in [3.63, 3.8) is 0 Å². The van der Waals surface area contributed by atoms with Crippen molar-refractivity contribution in [2.24, 2.45) is 0 Å². The van der Waals surface area contributed by atoms with Crippen LogP contribution in [0.4, 0.5) is 0 Å². The van der Waals surface area contributed by atoms with Crippen LogP contribution in [0.15, 0.2) is 66.7 Å². The number of aliphatic hydroxyl groups excluding tert-OH is 1. The SMILES string of the molecule is CCC(O)c1ccc(Oc2ccc3ccccc3c2)cc1. The van der Waals surface area contributed by atoms with Gasteiger partial charge in [-0.15, -0.1) is 0 Å². The molecule has 3 aromatic rings. The van der Waals surface area contributed by atoms with Crippen molar-refractivity contribution in [1.29, 1.82) is 0 Å². The van der Waals surface area contributed by atoms with Crippen molar-refractivity contribution >= 4 is 10.8 Å². The Bertz CT molecular complexity index is 732. The summed E-state index contributed by atoms with van der Waals surface area (Å²) in [7, 11) is 0. The predicted molar refractivity (Wildman–Crippen MR) is 85.7 cm³/mol. The van der Waals surface area contributed by atoms with Gasteiger partial charge in [-0.3, -0.25) is 0 Å². The van der Waals surface area contributed by atoms with E-state index in [2.05, 4.69) is 18.2 Å². The van der Waals surface area contributed by atoms with Crippen molar-refractivity contribution < 1.29 is 9.84 Å². The average molecular weight is 278 g/mol. The molecular formula is C19H18O2. The van der Waals surface area contributed by atoms with E-state index in [0.717, 1.165) is 22.4 Å². The third-order valence-electron chi connectivity index (χ3n) is 3.61. The molecule has 0 heterocycles. The first-order chi connectivity index (χ1) is 10.3. The molecule has 0 spiro atoms. The van der Waals surface area contributed by atoms with Crippen molar-refractivity contribution in [3.8, 4) is 11.5 Å². The molecule has 106 valence electrons. The number of aliphatic hydroxyl groups is 1. The van der Waals surface area contributed by atoms with E-state index < -0.39 is 6.10 Å². The molecule has 0 saturated heterocycles. The van der Waals surface area contributed by atoms with Crippen LogP contribution in [0.25, 0.3) is 10.8 Å². The molecule has 0 bridgehead atoms. The summed E-state index contributed by atoms with van der Waals surface area (Å²) in [6, 6.07) is 21.9. The van der Waals surface area contributed by atoms with E-state index >= 15 is 0 Å². The van der Waals surface area contributed by atoms with Crippen LogP contribution >= 0.6 is 0 Å². The van der Waals surface area contributed by atoms with Gasteiger partial charge in [0.15, 0.2) is 0 Å². The fourth-order valence-corrected chi connectivity index (χ4v) is 2.36. The van der Waals surface area contributed by atoms with Gasteiger partial charge < -0.3 is 9.84 Å². The molecule has 1 unspecified atom stereocenters. The van der Waals surface area contributed by atoms with Crippen LogP contribution in [-0.4, -0.2) is 5.11 Å². The number of hydrogen-bond donors (Lipinski definition) is 1. The second kappa shape index (κ2) is 5.98. The minimum atomic E-state index is -0.403. The van der Waals surface area contributed by atoms with Crippen LogP contribution in [-0.2, 0) is 0 Å². The summed E-state index contributed by atoms with van der Waals surface area (Å²) in [6.07, 6.45) is 0.310. The van der Waals surface area contributed by atoms with Gasteiger partial charge in [-0.2, -0.15) is 0 Å². The zero-order valence-electron chi connectivity index (χ0n) is 12.0. The topological polar surface area (TPSA) is 29.5 Å². The first-order valence-electron chi connectivity index (χ1n) is 7.21. The van der Waals surface area contributed by atoms with Crippen molar-refractivity contribution in [1.82, 2.24) is 0 Å². The monoisotopic (exact) mass is 278 g/mol. The van der Waals surface area contributed by atoms with E-state index in [0.29, 0.717) is 6.42 Å². The smallest absolute Gasteiger partial charge is 0.128 e. The number of fused-ring (bicyclic) bond motifs is 1. The lowest BCUT2D eigenvalue weighted by Gasteiger charge is -2.10. The fraction of sp³-hybridized carbons (Fsp3) is 0.158. The molecule has 1 N–H and O–H groups in total. The molecule has 2 heteroatoms. The van der Waals surface area contributed by atoms with Gasteiger partial charge in [0.2, 0.25) is 0 Å². The number of ether oxygens (including phenoxy) is 1. The maximum absolute atomic E-state index is 9.79. The van der Waals surface area contributed by atoms with E-state index in [4.69, 9.17) is 4.74 Å². The standard InChI is InChI=1S/C19H18O2/c1-2-19(20)15-8-10-17(11-9-15)21-18-12-7-14-5-3-4-6-16(14)13-18/h3-13,19-20H,2H2,1H3. The molecule has 3 rings (SSSR count).